The lowest BCUT2D eigenvalue weighted by Gasteiger charge is -2.13. The lowest BCUT2D eigenvalue weighted by molar-refractivity contribution is 0.0952. The van der Waals surface area contributed by atoms with Crippen molar-refractivity contribution in [3.63, 3.8) is 0 Å². The van der Waals surface area contributed by atoms with Gasteiger partial charge in [0.05, 0.1) is 24.7 Å². The van der Waals surface area contributed by atoms with Crippen LogP contribution in [0.15, 0.2) is 94.3 Å². The first-order chi connectivity index (χ1) is 18.5. The molecule has 9 heteroatoms. The van der Waals surface area contributed by atoms with Gasteiger partial charge in [-0.2, -0.15) is 0 Å². The van der Waals surface area contributed by atoms with Crippen LogP contribution in [0.3, 0.4) is 0 Å². The fourth-order valence-corrected chi connectivity index (χ4v) is 4.92. The van der Waals surface area contributed by atoms with Crippen LogP contribution in [-0.4, -0.2) is 33.2 Å². The van der Waals surface area contributed by atoms with Crippen molar-refractivity contribution in [1.29, 1.82) is 0 Å². The number of ether oxygens (including phenoxy) is 2. The first-order valence-electron chi connectivity index (χ1n) is 11.8. The Morgan fingerprint density at radius 1 is 0.868 bits per heavy atom. The van der Waals surface area contributed by atoms with Gasteiger partial charge in [-0.05, 0) is 72.1 Å². The molecular weight excluding hydrogens is 569 g/mol. The van der Waals surface area contributed by atoms with Crippen LogP contribution < -0.4 is 24.8 Å². The first kappa shape index (κ1) is 27.3. The quantitative estimate of drug-likeness (QED) is 0.125. The molecule has 196 valence electrons. The predicted octanol–water partition coefficient (Wildman–Crippen LogP) is 7.23. The summed E-state index contributed by atoms with van der Waals surface area (Å²) in [5.74, 6) is 0.733. The highest BCUT2D eigenvalue weighted by Crippen LogP contribution is 2.35. The first-order valence-corrected chi connectivity index (χ1v) is 13.4. The molecule has 0 unspecified atom stereocenters. The SMILES string of the molecule is COc1ccc(-c2ccccc2F)cc1SNc1cccc(NCCNC(=O)c2cc(Br)ccc2OC)c1. The zero-order valence-electron chi connectivity index (χ0n) is 20.9. The lowest BCUT2D eigenvalue weighted by atomic mass is 10.1. The van der Waals surface area contributed by atoms with Crippen molar-refractivity contribution in [1.82, 2.24) is 5.32 Å². The number of nitrogens with one attached hydrogen (secondary N) is 3. The van der Waals surface area contributed by atoms with E-state index in [0.717, 1.165) is 26.3 Å². The van der Waals surface area contributed by atoms with Crippen LogP contribution in [0.25, 0.3) is 11.1 Å². The molecule has 4 rings (SSSR count). The summed E-state index contributed by atoms with van der Waals surface area (Å²) < 4.78 is 29.2. The van der Waals surface area contributed by atoms with Crippen molar-refractivity contribution in [2.75, 3.05) is 37.3 Å². The number of hydrogen-bond acceptors (Lipinski definition) is 6. The van der Waals surface area contributed by atoms with Gasteiger partial charge in [0.15, 0.2) is 0 Å². The molecule has 0 atom stereocenters. The van der Waals surface area contributed by atoms with Gasteiger partial charge in [0.2, 0.25) is 0 Å². The van der Waals surface area contributed by atoms with Crippen LogP contribution in [0.4, 0.5) is 15.8 Å². The van der Waals surface area contributed by atoms with Crippen molar-refractivity contribution < 1.29 is 18.7 Å². The largest absolute Gasteiger partial charge is 0.496 e. The second-order valence-corrected chi connectivity index (χ2v) is 9.92. The minimum atomic E-state index is -0.271. The number of amides is 1. The molecule has 6 nitrogen and oxygen atoms in total. The van der Waals surface area contributed by atoms with Crippen LogP contribution in [-0.2, 0) is 0 Å². The van der Waals surface area contributed by atoms with Crippen LogP contribution in [0.2, 0.25) is 0 Å². The molecule has 3 N–H and O–H groups in total. The monoisotopic (exact) mass is 595 g/mol. The Hall–Kier alpha value is -3.69. The smallest absolute Gasteiger partial charge is 0.255 e. The molecule has 0 spiro atoms. The minimum Gasteiger partial charge on any atom is -0.496 e. The van der Waals surface area contributed by atoms with Gasteiger partial charge in [0.1, 0.15) is 17.3 Å². The number of methoxy groups -OCH3 is 2. The van der Waals surface area contributed by atoms with Crippen molar-refractivity contribution >= 4 is 45.2 Å². The summed E-state index contributed by atoms with van der Waals surface area (Å²) in [5, 5.41) is 6.22. The normalized spacial score (nSPS) is 10.5. The molecule has 0 aliphatic heterocycles. The maximum Gasteiger partial charge on any atom is 0.255 e. The van der Waals surface area contributed by atoms with Gasteiger partial charge < -0.3 is 24.8 Å². The summed E-state index contributed by atoms with van der Waals surface area (Å²) in [6, 6.07) is 25.4. The van der Waals surface area contributed by atoms with Crippen molar-refractivity contribution in [3.8, 4) is 22.6 Å². The third kappa shape index (κ3) is 6.99. The number of halogens is 2. The number of carbonyl (C=O) groups excluding carboxylic acids is 1. The van der Waals surface area contributed by atoms with E-state index in [-0.39, 0.29) is 11.7 Å². The molecule has 0 aliphatic rings. The van der Waals surface area contributed by atoms with Gasteiger partial charge >= 0.3 is 0 Å². The van der Waals surface area contributed by atoms with E-state index < -0.39 is 0 Å². The zero-order valence-corrected chi connectivity index (χ0v) is 23.3. The molecule has 4 aromatic carbocycles. The molecule has 0 aromatic heterocycles. The molecule has 0 fully saturated rings. The van der Waals surface area contributed by atoms with Crippen molar-refractivity contribution in [2.24, 2.45) is 0 Å². The number of carbonyl (C=O) groups is 1. The summed E-state index contributed by atoms with van der Waals surface area (Å²) in [5.41, 5.74) is 3.55. The van der Waals surface area contributed by atoms with Crippen LogP contribution in [0.5, 0.6) is 11.5 Å². The summed E-state index contributed by atoms with van der Waals surface area (Å²) in [6.07, 6.45) is 0. The van der Waals surface area contributed by atoms with E-state index in [1.165, 1.54) is 25.1 Å². The van der Waals surface area contributed by atoms with Gasteiger partial charge in [-0.1, -0.05) is 46.3 Å². The number of hydrogen-bond donors (Lipinski definition) is 3. The third-order valence-corrected chi connectivity index (χ3v) is 7.01. The van der Waals surface area contributed by atoms with Gasteiger partial charge in [-0.25, -0.2) is 4.39 Å². The molecular formula is C29H27BrFN3O3S. The molecule has 38 heavy (non-hydrogen) atoms. The molecule has 0 heterocycles. The van der Waals surface area contributed by atoms with E-state index in [4.69, 9.17) is 9.47 Å². The predicted molar refractivity (Wildman–Crippen MR) is 156 cm³/mol. The van der Waals surface area contributed by atoms with Crippen LogP contribution in [0.1, 0.15) is 10.4 Å². The second kappa shape index (κ2) is 13.2. The van der Waals surface area contributed by atoms with Gasteiger partial charge in [0, 0.05) is 34.5 Å². The van der Waals surface area contributed by atoms with Gasteiger partial charge in [-0.15, -0.1) is 0 Å². The fraction of sp³-hybridized carbons (Fsp3) is 0.138. The van der Waals surface area contributed by atoms with Crippen molar-refractivity contribution in [2.45, 2.75) is 4.90 Å². The highest BCUT2D eigenvalue weighted by molar-refractivity contribution is 9.10. The topological polar surface area (TPSA) is 71.6 Å². The Labute approximate surface area is 234 Å². The Kier molecular flexibility index (Phi) is 9.51. The molecule has 4 aromatic rings. The van der Waals surface area contributed by atoms with E-state index in [1.807, 2.05) is 54.6 Å². The Morgan fingerprint density at radius 3 is 2.42 bits per heavy atom. The standard InChI is InChI=1S/C29H27BrFN3O3S/c1-36-26-13-11-20(30)17-24(26)29(35)33-15-14-32-21-6-5-7-22(18-21)34-38-28-16-19(10-12-27(28)37-2)23-8-3-4-9-25(23)31/h3-13,16-18,32,34H,14-15H2,1-2H3,(H,33,35). The van der Waals surface area contributed by atoms with Crippen molar-refractivity contribution in [3.05, 3.63) is 101 Å². The number of benzene rings is 4. The highest BCUT2D eigenvalue weighted by atomic mass is 79.9. The molecule has 1 amide bonds. The zero-order chi connectivity index (χ0) is 26.9. The minimum absolute atomic E-state index is 0.205. The Morgan fingerprint density at radius 2 is 1.63 bits per heavy atom. The maximum absolute atomic E-state index is 14.3. The number of anilines is 2. The molecule has 0 bridgehead atoms. The van der Waals surface area contributed by atoms with E-state index >= 15 is 0 Å². The summed E-state index contributed by atoms with van der Waals surface area (Å²) in [4.78, 5) is 13.4. The lowest BCUT2D eigenvalue weighted by Crippen LogP contribution is -2.29. The van der Waals surface area contributed by atoms with Gasteiger partial charge in [0.25, 0.3) is 5.91 Å². The Bertz CT molecular complexity index is 1420. The maximum atomic E-state index is 14.3. The fourth-order valence-electron chi connectivity index (χ4n) is 3.76. The second-order valence-electron chi connectivity index (χ2n) is 8.16. The number of rotatable bonds is 11. The van der Waals surface area contributed by atoms with E-state index in [0.29, 0.717) is 35.7 Å². The van der Waals surface area contributed by atoms with Crippen LogP contribution >= 0.6 is 27.9 Å². The molecule has 0 aliphatic carbocycles. The Balaban J connectivity index is 1.34. The van der Waals surface area contributed by atoms with E-state index in [1.54, 1.807) is 31.4 Å². The summed E-state index contributed by atoms with van der Waals surface area (Å²) in [6.45, 7) is 0.970. The van der Waals surface area contributed by atoms with E-state index in [9.17, 15) is 9.18 Å². The third-order valence-electron chi connectivity index (χ3n) is 5.64. The van der Waals surface area contributed by atoms with Crippen LogP contribution in [0, 0.1) is 5.82 Å². The average molecular weight is 597 g/mol. The molecule has 0 saturated heterocycles. The van der Waals surface area contributed by atoms with E-state index in [2.05, 4.69) is 31.3 Å². The molecule has 0 radical (unpaired) electrons. The molecule has 0 saturated carbocycles. The highest BCUT2D eigenvalue weighted by Gasteiger charge is 2.13. The average Bonchev–Trinajstić information content (AvgIpc) is 2.94. The van der Waals surface area contributed by atoms with Gasteiger partial charge in [-0.3, -0.25) is 4.79 Å². The summed E-state index contributed by atoms with van der Waals surface area (Å²) in [7, 11) is 3.15. The summed E-state index contributed by atoms with van der Waals surface area (Å²) >= 11 is 4.77.